The van der Waals surface area contributed by atoms with Crippen LogP contribution in [0, 0.1) is 0 Å². The van der Waals surface area contributed by atoms with Crippen LogP contribution in [0.4, 0.5) is 0 Å². The molecule has 0 aromatic rings. The number of rotatable bonds is 13. The molecule has 1 saturated heterocycles. The Hall–Kier alpha value is -1.05. The van der Waals surface area contributed by atoms with E-state index in [0.29, 0.717) is 46.1 Å². The summed E-state index contributed by atoms with van der Waals surface area (Å²) in [4.78, 5) is 6.07. The molecule has 0 spiro atoms. The number of sulfone groups is 3. The van der Waals surface area contributed by atoms with Crippen LogP contribution in [0.2, 0.25) is 0 Å². The van der Waals surface area contributed by atoms with Gasteiger partial charge < -0.3 is 0 Å². The standard InChI is InChI=1S/C18H33N3O6S3/c1-4-28(22,23)13-7-10-19-16-20(11-8-14-29(24,25)5-2)18-21(17-19)12-9-15-30(26,27)6-3/h4,8-9,14-15H,1,5-7,10-13,16-18H2,2-3H3. The van der Waals surface area contributed by atoms with Crippen LogP contribution in [0.15, 0.2) is 35.0 Å². The third-order valence-corrected chi connectivity index (χ3v) is 8.69. The quantitative estimate of drug-likeness (QED) is 0.372. The Balaban J connectivity index is 2.78. The summed E-state index contributed by atoms with van der Waals surface area (Å²) in [6.07, 6.45) is 3.64. The van der Waals surface area contributed by atoms with Crippen molar-refractivity contribution in [3.8, 4) is 0 Å². The second-order valence-electron chi connectivity index (χ2n) is 7.06. The van der Waals surface area contributed by atoms with Crippen LogP contribution in [0.1, 0.15) is 20.3 Å². The molecular weight excluding hydrogens is 450 g/mol. The molecule has 0 aromatic heterocycles. The van der Waals surface area contributed by atoms with E-state index in [-0.39, 0.29) is 17.3 Å². The van der Waals surface area contributed by atoms with Gasteiger partial charge in [-0.2, -0.15) is 0 Å². The molecule has 0 amide bonds. The highest BCUT2D eigenvalue weighted by molar-refractivity contribution is 7.94. The van der Waals surface area contributed by atoms with Gasteiger partial charge in [-0.15, -0.1) is 0 Å². The first-order valence-electron chi connectivity index (χ1n) is 9.72. The molecule has 1 fully saturated rings. The molecular formula is C18H33N3O6S3. The zero-order chi connectivity index (χ0) is 22.8. The van der Waals surface area contributed by atoms with Gasteiger partial charge in [0.25, 0.3) is 0 Å². The molecule has 0 aliphatic carbocycles. The first kappa shape index (κ1) is 27.0. The minimum Gasteiger partial charge on any atom is -0.277 e. The molecule has 9 nitrogen and oxygen atoms in total. The van der Waals surface area contributed by atoms with E-state index in [4.69, 9.17) is 0 Å². The Morgan fingerprint density at radius 3 is 1.57 bits per heavy atom. The van der Waals surface area contributed by atoms with Gasteiger partial charge >= 0.3 is 0 Å². The Kier molecular flexibility index (Phi) is 10.9. The van der Waals surface area contributed by atoms with Crippen molar-refractivity contribution in [2.24, 2.45) is 0 Å². The van der Waals surface area contributed by atoms with Gasteiger partial charge in [0.2, 0.25) is 0 Å². The third kappa shape index (κ3) is 10.8. The van der Waals surface area contributed by atoms with E-state index < -0.39 is 29.5 Å². The minimum absolute atomic E-state index is 0.0102. The fourth-order valence-electron chi connectivity index (χ4n) is 2.80. The Morgan fingerprint density at radius 2 is 1.17 bits per heavy atom. The monoisotopic (exact) mass is 483 g/mol. The van der Waals surface area contributed by atoms with Crippen LogP contribution >= 0.6 is 0 Å². The normalized spacial score (nSPS) is 18.5. The Labute approximate surface area is 181 Å². The summed E-state index contributed by atoms with van der Waals surface area (Å²) < 4.78 is 69.8. The highest BCUT2D eigenvalue weighted by Crippen LogP contribution is 2.10. The van der Waals surface area contributed by atoms with E-state index in [1.54, 1.807) is 26.0 Å². The topological polar surface area (TPSA) is 112 Å². The van der Waals surface area contributed by atoms with Gasteiger partial charge in [-0.25, -0.2) is 25.3 Å². The summed E-state index contributed by atoms with van der Waals surface area (Å²) >= 11 is 0. The first-order valence-corrected chi connectivity index (χ1v) is 14.9. The summed E-state index contributed by atoms with van der Waals surface area (Å²) in [6, 6.07) is 0. The van der Waals surface area contributed by atoms with E-state index in [9.17, 15) is 25.3 Å². The van der Waals surface area contributed by atoms with Crippen molar-refractivity contribution in [1.82, 2.24) is 14.7 Å². The van der Waals surface area contributed by atoms with E-state index >= 15 is 0 Å². The summed E-state index contributed by atoms with van der Waals surface area (Å²) in [7, 11) is -9.67. The maximum absolute atomic E-state index is 11.6. The average molecular weight is 484 g/mol. The lowest BCUT2D eigenvalue weighted by Gasteiger charge is -2.41. The lowest BCUT2D eigenvalue weighted by Crippen LogP contribution is -2.55. The van der Waals surface area contributed by atoms with Gasteiger partial charge in [0.1, 0.15) is 0 Å². The lowest BCUT2D eigenvalue weighted by molar-refractivity contribution is -0.0172. The van der Waals surface area contributed by atoms with Gasteiger partial charge in [0.05, 0.1) is 37.3 Å². The zero-order valence-corrected chi connectivity index (χ0v) is 20.1. The van der Waals surface area contributed by atoms with Crippen LogP contribution in [-0.4, -0.2) is 96.9 Å². The molecule has 1 heterocycles. The zero-order valence-electron chi connectivity index (χ0n) is 17.7. The number of hydrogen-bond acceptors (Lipinski definition) is 9. The van der Waals surface area contributed by atoms with Crippen molar-refractivity contribution in [3.63, 3.8) is 0 Å². The summed E-state index contributed by atoms with van der Waals surface area (Å²) in [5.74, 6) is 0.0861. The fourth-order valence-corrected chi connectivity index (χ4v) is 4.64. The molecule has 0 radical (unpaired) electrons. The van der Waals surface area contributed by atoms with Crippen molar-refractivity contribution >= 4 is 29.5 Å². The van der Waals surface area contributed by atoms with E-state index in [2.05, 4.69) is 6.58 Å². The second-order valence-corrected chi connectivity index (χ2v) is 13.5. The van der Waals surface area contributed by atoms with Crippen LogP contribution in [0.25, 0.3) is 0 Å². The molecule has 0 bridgehead atoms. The molecule has 0 aromatic carbocycles. The smallest absolute Gasteiger partial charge is 0.171 e. The van der Waals surface area contributed by atoms with Gasteiger partial charge in [-0.3, -0.25) is 14.7 Å². The van der Waals surface area contributed by atoms with Crippen molar-refractivity contribution < 1.29 is 25.3 Å². The molecule has 0 atom stereocenters. The maximum Gasteiger partial charge on any atom is 0.171 e. The van der Waals surface area contributed by atoms with Gasteiger partial charge in [0, 0.05) is 35.9 Å². The van der Waals surface area contributed by atoms with Gasteiger partial charge in [-0.05, 0) is 6.42 Å². The number of hydrogen-bond donors (Lipinski definition) is 0. The summed E-state index contributed by atoms with van der Waals surface area (Å²) in [5.41, 5.74) is 0. The van der Waals surface area contributed by atoms with Crippen LogP contribution in [0.5, 0.6) is 0 Å². The highest BCUT2D eigenvalue weighted by atomic mass is 32.2. The predicted molar refractivity (Wildman–Crippen MR) is 121 cm³/mol. The lowest BCUT2D eigenvalue weighted by atomic mass is 10.4. The number of nitrogens with zero attached hydrogens (tertiary/aromatic N) is 3. The molecule has 30 heavy (non-hydrogen) atoms. The molecule has 12 heteroatoms. The second kappa shape index (κ2) is 12.1. The fraction of sp³-hybridized carbons (Fsp3) is 0.667. The maximum atomic E-state index is 11.6. The average Bonchev–Trinajstić information content (AvgIpc) is 2.67. The van der Waals surface area contributed by atoms with Crippen molar-refractivity contribution in [2.45, 2.75) is 20.3 Å². The van der Waals surface area contributed by atoms with Crippen molar-refractivity contribution in [3.05, 3.63) is 35.0 Å². The summed E-state index contributed by atoms with van der Waals surface area (Å²) in [5, 5.41) is 3.38. The van der Waals surface area contributed by atoms with Gasteiger partial charge in [0.15, 0.2) is 29.5 Å². The predicted octanol–water partition coefficient (Wildman–Crippen LogP) is 0.624. The Morgan fingerprint density at radius 1 is 0.733 bits per heavy atom. The van der Waals surface area contributed by atoms with E-state index in [0.717, 1.165) is 5.41 Å². The largest absolute Gasteiger partial charge is 0.277 e. The van der Waals surface area contributed by atoms with E-state index in [1.165, 1.54) is 10.8 Å². The molecule has 0 saturated carbocycles. The van der Waals surface area contributed by atoms with Crippen molar-refractivity contribution in [1.29, 1.82) is 0 Å². The first-order chi connectivity index (χ1) is 13.9. The third-order valence-electron chi connectivity index (χ3n) is 4.50. The molecule has 174 valence electrons. The van der Waals surface area contributed by atoms with Crippen molar-refractivity contribution in [2.75, 3.05) is 56.9 Å². The van der Waals surface area contributed by atoms with E-state index in [1.807, 2.05) is 14.7 Å². The molecule has 1 aliphatic heterocycles. The van der Waals surface area contributed by atoms with Crippen LogP contribution in [-0.2, 0) is 29.5 Å². The van der Waals surface area contributed by atoms with Crippen LogP contribution < -0.4 is 0 Å². The van der Waals surface area contributed by atoms with Crippen LogP contribution in [0.3, 0.4) is 0 Å². The SMILES string of the molecule is C=CS(=O)(=O)CCCN1CN(CC=CS(=O)(=O)CC)CN(CC=CS(=O)(=O)CC)C1. The molecule has 0 N–H and O–H groups in total. The molecule has 1 aliphatic rings. The molecule has 0 unspecified atom stereocenters. The Bertz CT molecular complexity index is 870. The minimum atomic E-state index is -3.26. The summed E-state index contributed by atoms with van der Waals surface area (Å²) in [6.45, 7) is 9.48. The van der Waals surface area contributed by atoms with Gasteiger partial charge in [-0.1, -0.05) is 32.6 Å². The highest BCUT2D eigenvalue weighted by Gasteiger charge is 2.22. The molecule has 1 rings (SSSR count).